The van der Waals surface area contributed by atoms with Crippen molar-refractivity contribution in [2.45, 2.75) is 96.2 Å². The van der Waals surface area contributed by atoms with Crippen LogP contribution in [0.1, 0.15) is 71.3 Å². The summed E-state index contributed by atoms with van der Waals surface area (Å²) in [7, 11) is 0. The van der Waals surface area contributed by atoms with Gasteiger partial charge in [-0.1, -0.05) is 32.4 Å². The molecule has 0 N–H and O–H groups in total. The first-order valence-electron chi connectivity index (χ1n) is 13.1. The van der Waals surface area contributed by atoms with Crippen LogP contribution in [0.25, 0.3) is 0 Å². The number of nitrogens with zero attached hydrogens (tertiary/aromatic N) is 1. The summed E-state index contributed by atoms with van der Waals surface area (Å²) < 4.78 is 19.4. The van der Waals surface area contributed by atoms with Gasteiger partial charge in [0.2, 0.25) is 12.1 Å². The van der Waals surface area contributed by atoms with Gasteiger partial charge >= 0.3 is 0 Å². The van der Waals surface area contributed by atoms with E-state index in [9.17, 15) is 0 Å². The number of hydrogen-bond acceptors (Lipinski definition) is 6. The molecule has 1 aromatic carbocycles. The van der Waals surface area contributed by atoms with E-state index in [0.29, 0.717) is 11.8 Å². The molecule has 1 aromatic rings. The molecular weight excluding hydrogens is 418 g/mol. The van der Waals surface area contributed by atoms with Gasteiger partial charge in [0.05, 0.1) is 0 Å². The van der Waals surface area contributed by atoms with Gasteiger partial charge in [0.25, 0.3) is 0 Å². The van der Waals surface area contributed by atoms with Crippen LogP contribution in [0.3, 0.4) is 0 Å². The molecule has 7 rings (SSSR count). The lowest BCUT2D eigenvalue weighted by Crippen LogP contribution is -2.70. The Hall–Kier alpha value is -1.18. The van der Waals surface area contributed by atoms with Crippen molar-refractivity contribution < 1.29 is 24.0 Å². The Balaban J connectivity index is 1.19. The van der Waals surface area contributed by atoms with Crippen LogP contribution < -0.4 is 4.74 Å². The molecule has 0 aromatic heterocycles. The summed E-state index contributed by atoms with van der Waals surface area (Å²) in [4.78, 5) is 14.7. The maximum Gasteiger partial charge on any atom is 0.205 e. The standard InChI is InChI=1S/C27H39NO5/c1-18-7-12-23-19(2)24(30-25-27(23)22(18)13-14-26(3,31-25)32-33-27)29-21-10-8-20(9-11-21)17-28-15-5-4-6-16-28/h8-11,18-19,22-25H,4-7,12-17H2,1-3H3/t18-,19-,22+,23+,24+,25-,26+,27-/m1/s1. The molecule has 1 saturated carbocycles. The highest BCUT2D eigenvalue weighted by atomic mass is 17.3. The molecule has 1 aliphatic carbocycles. The lowest BCUT2D eigenvalue weighted by atomic mass is 9.58. The zero-order valence-corrected chi connectivity index (χ0v) is 20.3. The summed E-state index contributed by atoms with van der Waals surface area (Å²) in [5, 5.41) is 0. The van der Waals surface area contributed by atoms with E-state index in [1.807, 2.05) is 6.92 Å². The minimum atomic E-state index is -0.751. The van der Waals surface area contributed by atoms with Crippen LogP contribution in [0.5, 0.6) is 5.75 Å². The third-order valence-electron chi connectivity index (χ3n) is 9.13. The molecule has 0 radical (unpaired) electrons. The number of ether oxygens (including phenoxy) is 3. The number of piperidine rings is 1. The number of likely N-dealkylation sites (tertiary alicyclic amines) is 1. The predicted molar refractivity (Wildman–Crippen MR) is 123 cm³/mol. The second-order valence-corrected chi connectivity index (χ2v) is 11.4. The molecule has 5 saturated heterocycles. The molecule has 6 aliphatic rings. The number of fused-ring (bicyclic) bond motifs is 2. The van der Waals surface area contributed by atoms with Gasteiger partial charge in [0.1, 0.15) is 5.75 Å². The Morgan fingerprint density at radius 1 is 0.970 bits per heavy atom. The quantitative estimate of drug-likeness (QED) is 0.575. The maximum atomic E-state index is 6.56. The smallest absolute Gasteiger partial charge is 0.205 e. The van der Waals surface area contributed by atoms with Crippen molar-refractivity contribution in [1.29, 1.82) is 0 Å². The van der Waals surface area contributed by atoms with E-state index in [1.54, 1.807) is 0 Å². The third kappa shape index (κ3) is 3.82. The van der Waals surface area contributed by atoms with Crippen LogP contribution in [0.15, 0.2) is 24.3 Å². The van der Waals surface area contributed by atoms with E-state index in [2.05, 4.69) is 43.0 Å². The first kappa shape index (κ1) is 22.3. The van der Waals surface area contributed by atoms with Crippen LogP contribution in [0.4, 0.5) is 0 Å². The largest absolute Gasteiger partial charge is 0.465 e. The minimum Gasteiger partial charge on any atom is -0.465 e. The molecule has 6 nitrogen and oxygen atoms in total. The molecule has 0 unspecified atom stereocenters. The molecule has 2 bridgehead atoms. The summed E-state index contributed by atoms with van der Waals surface area (Å²) in [6.45, 7) is 9.98. The van der Waals surface area contributed by atoms with Crippen molar-refractivity contribution in [2.24, 2.45) is 23.7 Å². The van der Waals surface area contributed by atoms with Gasteiger partial charge in [-0.15, -0.1) is 0 Å². The van der Waals surface area contributed by atoms with Crippen molar-refractivity contribution in [3.8, 4) is 5.75 Å². The monoisotopic (exact) mass is 457 g/mol. The van der Waals surface area contributed by atoms with Crippen molar-refractivity contribution in [1.82, 2.24) is 4.90 Å². The van der Waals surface area contributed by atoms with E-state index in [1.165, 1.54) is 44.3 Å². The Bertz CT molecular complexity index is 841. The van der Waals surface area contributed by atoms with Gasteiger partial charge in [0.15, 0.2) is 11.9 Å². The van der Waals surface area contributed by atoms with Crippen LogP contribution in [-0.4, -0.2) is 42.0 Å². The second kappa shape index (κ2) is 8.49. The molecule has 8 atom stereocenters. The molecule has 182 valence electrons. The average molecular weight is 458 g/mol. The van der Waals surface area contributed by atoms with Crippen molar-refractivity contribution in [3.63, 3.8) is 0 Å². The zero-order chi connectivity index (χ0) is 22.6. The minimum absolute atomic E-state index is 0.180. The van der Waals surface area contributed by atoms with Crippen molar-refractivity contribution >= 4 is 0 Å². The van der Waals surface area contributed by atoms with Crippen molar-refractivity contribution in [3.05, 3.63) is 29.8 Å². The summed E-state index contributed by atoms with van der Waals surface area (Å²) in [5.74, 6) is 1.51. The van der Waals surface area contributed by atoms with Crippen molar-refractivity contribution in [2.75, 3.05) is 13.1 Å². The van der Waals surface area contributed by atoms with Gasteiger partial charge in [-0.3, -0.25) is 4.90 Å². The fraction of sp³-hybridized carbons (Fsp3) is 0.778. The van der Waals surface area contributed by atoms with Gasteiger partial charge in [0, 0.05) is 24.8 Å². The number of hydrogen-bond donors (Lipinski definition) is 0. The Kier molecular flexibility index (Phi) is 5.73. The molecule has 5 heterocycles. The van der Waals surface area contributed by atoms with Crippen LogP contribution in [0.2, 0.25) is 0 Å². The van der Waals surface area contributed by atoms with Gasteiger partial charge in [-0.25, -0.2) is 9.78 Å². The summed E-state index contributed by atoms with van der Waals surface area (Å²) >= 11 is 0. The number of rotatable bonds is 4. The van der Waals surface area contributed by atoms with Gasteiger partial charge in [-0.2, -0.15) is 0 Å². The predicted octanol–water partition coefficient (Wildman–Crippen LogP) is 5.26. The van der Waals surface area contributed by atoms with Gasteiger partial charge < -0.3 is 14.2 Å². The zero-order valence-electron chi connectivity index (χ0n) is 20.3. The molecule has 0 amide bonds. The van der Waals surface area contributed by atoms with E-state index in [-0.39, 0.29) is 18.1 Å². The Morgan fingerprint density at radius 3 is 2.55 bits per heavy atom. The summed E-state index contributed by atoms with van der Waals surface area (Å²) in [5.41, 5.74) is 0.804. The van der Waals surface area contributed by atoms with E-state index in [0.717, 1.165) is 31.6 Å². The van der Waals surface area contributed by atoms with E-state index in [4.69, 9.17) is 24.0 Å². The van der Waals surface area contributed by atoms with E-state index < -0.39 is 17.7 Å². The molecular formula is C27H39NO5. The highest BCUT2D eigenvalue weighted by molar-refractivity contribution is 5.27. The van der Waals surface area contributed by atoms with Crippen LogP contribution >= 0.6 is 0 Å². The maximum absolute atomic E-state index is 6.56. The first-order valence-corrected chi connectivity index (χ1v) is 13.1. The Morgan fingerprint density at radius 2 is 1.76 bits per heavy atom. The SMILES string of the molecule is C[C@H]1[C@@H](Oc2ccc(CN3CCCCC3)cc2)O[C@@H]2O[C@]3(C)CC[C@H]4[C@H](C)CC[C@@H]1[C@@]24OO3. The highest BCUT2D eigenvalue weighted by Gasteiger charge is 2.69. The third-order valence-corrected chi connectivity index (χ3v) is 9.13. The van der Waals surface area contributed by atoms with Crippen LogP contribution in [0, 0.1) is 23.7 Å². The van der Waals surface area contributed by atoms with Gasteiger partial charge in [-0.05, 0) is 81.6 Å². The first-order chi connectivity index (χ1) is 16.0. The molecule has 5 aliphatic heterocycles. The lowest BCUT2D eigenvalue weighted by molar-refractivity contribution is -0.575. The Labute approximate surface area is 197 Å². The molecule has 6 fully saturated rings. The lowest BCUT2D eigenvalue weighted by Gasteiger charge is -2.60. The average Bonchev–Trinajstić information content (AvgIpc) is 3.05. The molecule has 33 heavy (non-hydrogen) atoms. The second-order valence-electron chi connectivity index (χ2n) is 11.4. The highest BCUT2D eigenvalue weighted by Crippen LogP contribution is 2.60. The fourth-order valence-corrected chi connectivity index (χ4v) is 7.19. The molecule has 1 spiro atoms. The summed E-state index contributed by atoms with van der Waals surface area (Å²) in [6.07, 6.45) is 7.33. The normalized spacial score (nSPS) is 45.3. The summed E-state index contributed by atoms with van der Waals surface area (Å²) in [6, 6.07) is 8.57. The number of benzene rings is 1. The van der Waals surface area contributed by atoms with Crippen LogP contribution in [-0.2, 0) is 25.8 Å². The van der Waals surface area contributed by atoms with E-state index >= 15 is 0 Å². The topological polar surface area (TPSA) is 49.4 Å². The fourth-order valence-electron chi connectivity index (χ4n) is 7.19. The molecule has 6 heteroatoms.